The Morgan fingerprint density at radius 1 is 1.25 bits per heavy atom. The fourth-order valence-electron chi connectivity index (χ4n) is 3.07. The van der Waals surface area contributed by atoms with E-state index in [2.05, 4.69) is 15.5 Å². The van der Waals surface area contributed by atoms with Crippen LogP contribution >= 0.6 is 0 Å². The highest BCUT2D eigenvalue weighted by Gasteiger charge is 2.32. The molecule has 2 aromatic rings. The highest BCUT2D eigenvalue weighted by Crippen LogP contribution is 2.22. The van der Waals surface area contributed by atoms with Gasteiger partial charge in [-0.3, -0.25) is 4.79 Å². The number of halogens is 2. The third-order valence-electron chi connectivity index (χ3n) is 4.65. The minimum Gasteiger partial charge on any atom is -0.391 e. The molecule has 1 aliphatic heterocycles. The molecular weight excluding hydrogens is 368 g/mol. The van der Waals surface area contributed by atoms with Gasteiger partial charge >= 0.3 is 0 Å². The maximum Gasteiger partial charge on any atom is 0.263 e. The number of aliphatic hydroxyl groups is 1. The number of β-amino-alcohol motifs (C(OH)–C–C–N with tert-alkyl or cyclic N) is 1. The summed E-state index contributed by atoms with van der Waals surface area (Å²) in [7, 11) is 0. The first-order chi connectivity index (χ1) is 13.5. The van der Waals surface area contributed by atoms with E-state index in [-0.39, 0.29) is 36.0 Å². The lowest BCUT2D eigenvalue weighted by Gasteiger charge is -2.16. The van der Waals surface area contributed by atoms with Crippen LogP contribution in [0.2, 0.25) is 0 Å². The van der Waals surface area contributed by atoms with E-state index in [0.29, 0.717) is 24.5 Å². The molecule has 0 unspecified atom stereocenters. The topological polar surface area (TPSA) is 102 Å². The molecule has 0 aliphatic carbocycles. The number of aromatic nitrogens is 2. The lowest BCUT2D eigenvalue weighted by molar-refractivity contribution is -0.120. The van der Waals surface area contributed by atoms with Crippen LogP contribution in [0.1, 0.15) is 23.2 Å². The number of aliphatic hydroxyl groups excluding tert-OH is 1. The zero-order chi connectivity index (χ0) is 20.1. The van der Waals surface area contributed by atoms with Crippen molar-refractivity contribution in [3.8, 4) is 6.07 Å². The molecule has 1 aromatic heterocycles. The van der Waals surface area contributed by atoms with E-state index in [1.54, 1.807) is 12.1 Å². The van der Waals surface area contributed by atoms with Gasteiger partial charge < -0.3 is 15.3 Å². The van der Waals surface area contributed by atoms with Crippen molar-refractivity contribution in [3.63, 3.8) is 0 Å². The summed E-state index contributed by atoms with van der Waals surface area (Å²) in [5, 5.41) is 29.5. The van der Waals surface area contributed by atoms with Crippen molar-refractivity contribution < 1.29 is 18.7 Å². The molecule has 1 amide bonds. The molecule has 28 heavy (non-hydrogen) atoms. The Morgan fingerprint density at radius 3 is 2.61 bits per heavy atom. The molecule has 1 aliphatic rings. The van der Waals surface area contributed by atoms with Gasteiger partial charge in [-0.25, -0.2) is 8.78 Å². The SMILES string of the molecule is N#Cc1ccc(N2C[C@H](CNC(=O)Cc3ccc(C(F)F)cc3)[C@@H](O)C2)nn1. The summed E-state index contributed by atoms with van der Waals surface area (Å²) in [5.74, 6) is 0.141. The number of benzene rings is 1. The maximum absolute atomic E-state index is 12.6. The minimum atomic E-state index is -2.53. The van der Waals surface area contributed by atoms with Crippen LogP contribution < -0.4 is 10.2 Å². The van der Waals surface area contributed by atoms with E-state index in [0.717, 1.165) is 0 Å². The Kier molecular flexibility index (Phi) is 6.11. The molecule has 7 nitrogen and oxygen atoms in total. The number of anilines is 1. The molecule has 0 bridgehead atoms. The number of nitrogens with one attached hydrogen (secondary N) is 1. The van der Waals surface area contributed by atoms with E-state index in [1.165, 1.54) is 24.3 Å². The van der Waals surface area contributed by atoms with Crippen LogP contribution in [0.5, 0.6) is 0 Å². The largest absolute Gasteiger partial charge is 0.391 e. The second-order valence-corrected chi connectivity index (χ2v) is 6.64. The lowest BCUT2D eigenvalue weighted by atomic mass is 10.1. The van der Waals surface area contributed by atoms with Crippen LogP contribution in [0.3, 0.4) is 0 Å². The van der Waals surface area contributed by atoms with Gasteiger partial charge in [0.15, 0.2) is 11.5 Å². The molecule has 2 heterocycles. The van der Waals surface area contributed by atoms with Crippen molar-refractivity contribution in [3.05, 3.63) is 53.2 Å². The molecule has 1 saturated heterocycles. The first-order valence-corrected chi connectivity index (χ1v) is 8.77. The van der Waals surface area contributed by atoms with Crippen molar-refractivity contribution >= 4 is 11.7 Å². The van der Waals surface area contributed by atoms with E-state index in [4.69, 9.17) is 5.26 Å². The fourth-order valence-corrected chi connectivity index (χ4v) is 3.07. The van der Waals surface area contributed by atoms with Crippen molar-refractivity contribution in [1.29, 1.82) is 5.26 Å². The van der Waals surface area contributed by atoms with Gasteiger partial charge in [0.05, 0.1) is 12.5 Å². The number of hydrogen-bond donors (Lipinski definition) is 2. The maximum atomic E-state index is 12.6. The Bertz CT molecular complexity index is 852. The fraction of sp³-hybridized carbons (Fsp3) is 0.368. The number of rotatable bonds is 6. The van der Waals surface area contributed by atoms with Crippen molar-refractivity contribution in [1.82, 2.24) is 15.5 Å². The summed E-state index contributed by atoms with van der Waals surface area (Å²) in [6.07, 6.45) is -3.09. The highest BCUT2D eigenvalue weighted by atomic mass is 19.3. The van der Waals surface area contributed by atoms with Crippen LogP contribution in [0.25, 0.3) is 0 Å². The lowest BCUT2D eigenvalue weighted by Crippen LogP contribution is -2.35. The third-order valence-corrected chi connectivity index (χ3v) is 4.65. The average Bonchev–Trinajstić information content (AvgIpc) is 3.07. The quantitative estimate of drug-likeness (QED) is 0.778. The van der Waals surface area contributed by atoms with Crippen LogP contribution in [-0.4, -0.2) is 46.9 Å². The molecule has 2 atom stereocenters. The van der Waals surface area contributed by atoms with Gasteiger partial charge in [0.1, 0.15) is 6.07 Å². The number of hydrogen-bond acceptors (Lipinski definition) is 6. The van der Waals surface area contributed by atoms with Crippen LogP contribution in [0.15, 0.2) is 36.4 Å². The zero-order valence-corrected chi connectivity index (χ0v) is 14.9. The van der Waals surface area contributed by atoms with Crippen molar-refractivity contribution in [2.45, 2.75) is 19.0 Å². The number of nitriles is 1. The molecule has 2 N–H and O–H groups in total. The van der Waals surface area contributed by atoms with Crippen LogP contribution in [0.4, 0.5) is 14.6 Å². The summed E-state index contributed by atoms with van der Waals surface area (Å²) in [5.41, 5.74) is 0.779. The predicted octanol–water partition coefficient (Wildman–Crippen LogP) is 1.44. The summed E-state index contributed by atoms with van der Waals surface area (Å²) in [4.78, 5) is 14.0. The first-order valence-electron chi connectivity index (χ1n) is 8.77. The average molecular weight is 387 g/mol. The van der Waals surface area contributed by atoms with Crippen molar-refractivity contribution in [2.75, 3.05) is 24.5 Å². The molecule has 1 aromatic carbocycles. The normalized spacial score (nSPS) is 18.9. The van der Waals surface area contributed by atoms with Crippen LogP contribution in [-0.2, 0) is 11.2 Å². The molecule has 0 saturated carbocycles. The number of alkyl halides is 2. The molecule has 1 fully saturated rings. The number of carbonyl (C=O) groups is 1. The summed E-state index contributed by atoms with van der Waals surface area (Å²) < 4.78 is 25.1. The van der Waals surface area contributed by atoms with Gasteiger partial charge in [0.2, 0.25) is 5.91 Å². The molecule has 3 rings (SSSR count). The minimum absolute atomic E-state index is 0.0794. The van der Waals surface area contributed by atoms with E-state index in [1.807, 2.05) is 11.0 Å². The number of carbonyl (C=O) groups excluding carboxylic acids is 1. The van der Waals surface area contributed by atoms with Gasteiger partial charge in [-0.1, -0.05) is 24.3 Å². The summed E-state index contributed by atoms with van der Waals surface area (Å²) in [6, 6.07) is 10.8. The van der Waals surface area contributed by atoms with E-state index >= 15 is 0 Å². The summed E-state index contributed by atoms with van der Waals surface area (Å²) in [6.45, 7) is 1.14. The molecule has 0 radical (unpaired) electrons. The predicted molar refractivity (Wildman–Crippen MR) is 96.6 cm³/mol. The third kappa shape index (κ3) is 4.78. The standard InChI is InChI=1S/C19H19F2N5O2/c20-19(21)13-3-1-12(2-4-13)7-18(28)23-9-14-10-26(11-16(14)27)17-6-5-15(8-22)24-25-17/h1-6,14,16,19,27H,7,9-11H2,(H,23,28)/t14-,16-/m0/s1. The molecule has 9 heteroatoms. The molecule has 0 spiro atoms. The Labute approximate surface area is 160 Å². The Balaban J connectivity index is 1.49. The number of nitrogens with zero attached hydrogens (tertiary/aromatic N) is 4. The van der Waals surface area contributed by atoms with Gasteiger partial charge in [-0.2, -0.15) is 5.26 Å². The summed E-state index contributed by atoms with van der Waals surface area (Å²) >= 11 is 0. The second kappa shape index (κ2) is 8.71. The second-order valence-electron chi connectivity index (χ2n) is 6.64. The first kappa shape index (κ1) is 19.6. The monoisotopic (exact) mass is 387 g/mol. The smallest absolute Gasteiger partial charge is 0.263 e. The van der Waals surface area contributed by atoms with Gasteiger partial charge in [0.25, 0.3) is 6.43 Å². The molecular formula is C19H19F2N5O2. The molecule has 146 valence electrons. The van der Waals surface area contributed by atoms with Gasteiger partial charge in [-0.05, 0) is 17.7 Å². The van der Waals surface area contributed by atoms with Gasteiger partial charge in [0, 0.05) is 31.1 Å². The van der Waals surface area contributed by atoms with E-state index < -0.39 is 12.5 Å². The van der Waals surface area contributed by atoms with Crippen molar-refractivity contribution in [2.24, 2.45) is 5.92 Å². The Morgan fingerprint density at radius 2 is 2.00 bits per heavy atom. The van der Waals surface area contributed by atoms with Crippen LogP contribution in [0, 0.1) is 17.2 Å². The van der Waals surface area contributed by atoms with E-state index in [9.17, 15) is 18.7 Å². The number of amides is 1. The zero-order valence-electron chi connectivity index (χ0n) is 14.9. The highest BCUT2D eigenvalue weighted by molar-refractivity contribution is 5.78. The van der Waals surface area contributed by atoms with Gasteiger partial charge in [-0.15, -0.1) is 10.2 Å². The Hall–Kier alpha value is -3.12.